The maximum absolute atomic E-state index is 6.24. The second-order valence-corrected chi connectivity index (χ2v) is 5.80. The smallest absolute Gasteiger partial charge is 0.0959 e. The van der Waals surface area contributed by atoms with Gasteiger partial charge in [0.15, 0.2) is 0 Å². The standard InChI is InChI=1S/C16H24ClNO2/c1-12(13-7-9-20-10-8-13)18-11-16(19-2)14-5-3-4-6-15(14)17/h3-6,12-13,16,18H,7-11H2,1-2H3/t12-,16+/m1/s1. The molecule has 1 fully saturated rings. The number of methoxy groups -OCH3 is 1. The molecule has 0 unspecified atom stereocenters. The zero-order chi connectivity index (χ0) is 14.4. The topological polar surface area (TPSA) is 30.5 Å². The fourth-order valence-electron chi connectivity index (χ4n) is 2.73. The maximum atomic E-state index is 6.24. The fourth-order valence-corrected chi connectivity index (χ4v) is 2.99. The third-order valence-corrected chi connectivity index (χ3v) is 4.48. The number of halogens is 1. The highest BCUT2D eigenvalue weighted by atomic mass is 35.5. The SMILES string of the molecule is CO[C@@H](CN[C@H](C)C1CCOCC1)c1ccccc1Cl. The van der Waals surface area contributed by atoms with Crippen molar-refractivity contribution >= 4 is 11.6 Å². The number of hydrogen-bond acceptors (Lipinski definition) is 3. The molecule has 0 spiro atoms. The largest absolute Gasteiger partial charge is 0.381 e. The van der Waals surface area contributed by atoms with Crippen LogP contribution in [0, 0.1) is 5.92 Å². The molecule has 2 atom stereocenters. The predicted octanol–water partition coefficient (Wildman–Crippen LogP) is 3.43. The minimum Gasteiger partial charge on any atom is -0.381 e. The third-order valence-electron chi connectivity index (χ3n) is 4.13. The van der Waals surface area contributed by atoms with Crippen LogP contribution in [-0.4, -0.2) is 32.9 Å². The Morgan fingerprint density at radius 2 is 2.05 bits per heavy atom. The Morgan fingerprint density at radius 3 is 2.70 bits per heavy atom. The molecule has 20 heavy (non-hydrogen) atoms. The molecule has 0 aliphatic carbocycles. The van der Waals surface area contributed by atoms with Gasteiger partial charge in [0.25, 0.3) is 0 Å². The highest BCUT2D eigenvalue weighted by Crippen LogP contribution is 2.25. The molecule has 1 aromatic carbocycles. The predicted molar refractivity (Wildman–Crippen MR) is 82.2 cm³/mol. The van der Waals surface area contributed by atoms with E-state index in [2.05, 4.69) is 12.2 Å². The molecule has 4 heteroatoms. The van der Waals surface area contributed by atoms with Gasteiger partial charge in [0.1, 0.15) is 0 Å². The van der Waals surface area contributed by atoms with Crippen LogP contribution < -0.4 is 5.32 Å². The van der Waals surface area contributed by atoms with Crippen LogP contribution in [0.25, 0.3) is 0 Å². The highest BCUT2D eigenvalue weighted by Gasteiger charge is 2.22. The van der Waals surface area contributed by atoms with E-state index in [1.54, 1.807) is 7.11 Å². The van der Waals surface area contributed by atoms with Gasteiger partial charge in [0.05, 0.1) is 6.10 Å². The van der Waals surface area contributed by atoms with E-state index in [4.69, 9.17) is 21.1 Å². The molecule has 0 aromatic heterocycles. The highest BCUT2D eigenvalue weighted by molar-refractivity contribution is 6.31. The molecule has 112 valence electrons. The molecule has 0 amide bonds. The van der Waals surface area contributed by atoms with Crippen molar-refractivity contribution in [1.29, 1.82) is 0 Å². The first-order valence-electron chi connectivity index (χ1n) is 7.30. The van der Waals surface area contributed by atoms with Crippen LogP contribution in [0.3, 0.4) is 0 Å². The van der Waals surface area contributed by atoms with Gasteiger partial charge in [-0.15, -0.1) is 0 Å². The number of benzene rings is 1. The first-order valence-corrected chi connectivity index (χ1v) is 7.68. The quantitative estimate of drug-likeness (QED) is 0.872. The van der Waals surface area contributed by atoms with Crippen LogP contribution in [0.5, 0.6) is 0 Å². The Kier molecular flexibility index (Phi) is 6.30. The lowest BCUT2D eigenvalue weighted by molar-refractivity contribution is 0.0506. The van der Waals surface area contributed by atoms with E-state index in [1.807, 2.05) is 24.3 Å². The zero-order valence-electron chi connectivity index (χ0n) is 12.3. The molecule has 3 nitrogen and oxygen atoms in total. The second kappa shape index (κ2) is 7.99. The number of hydrogen-bond donors (Lipinski definition) is 1. The van der Waals surface area contributed by atoms with Crippen molar-refractivity contribution in [2.24, 2.45) is 5.92 Å². The molecule has 1 aliphatic heterocycles. The summed E-state index contributed by atoms with van der Waals surface area (Å²) in [6, 6.07) is 8.34. The zero-order valence-corrected chi connectivity index (χ0v) is 13.0. The van der Waals surface area contributed by atoms with Crippen molar-refractivity contribution in [1.82, 2.24) is 5.32 Å². The van der Waals surface area contributed by atoms with Crippen LogP contribution in [0.2, 0.25) is 5.02 Å². The Balaban J connectivity index is 1.89. The van der Waals surface area contributed by atoms with Crippen LogP contribution >= 0.6 is 11.6 Å². The monoisotopic (exact) mass is 297 g/mol. The van der Waals surface area contributed by atoms with Gasteiger partial charge in [0, 0.05) is 43.5 Å². The summed E-state index contributed by atoms with van der Waals surface area (Å²) in [5, 5.41) is 4.35. The average Bonchev–Trinajstić information content (AvgIpc) is 2.50. The first kappa shape index (κ1) is 15.8. The number of rotatable bonds is 6. The van der Waals surface area contributed by atoms with Crippen molar-refractivity contribution in [2.75, 3.05) is 26.9 Å². The molecule has 0 bridgehead atoms. The Morgan fingerprint density at radius 1 is 1.35 bits per heavy atom. The van der Waals surface area contributed by atoms with Crippen molar-refractivity contribution < 1.29 is 9.47 Å². The third kappa shape index (κ3) is 4.19. The lowest BCUT2D eigenvalue weighted by atomic mass is 9.93. The Bertz CT molecular complexity index is 407. The molecule has 0 saturated carbocycles. The van der Waals surface area contributed by atoms with Gasteiger partial charge in [0.2, 0.25) is 0 Å². The molecular weight excluding hydrogens is 274 g/mol. The molecule has 2 rings (SSSR count). The average molecular weight is 298 g/mol. The van der Waals surface area contributed by atoms with Gasteiger partial charge in [-0.05, 0) is 31.7 Å². The van der Waals surface area contributed by atoms with Gasteiger partial charge in [-0.3, -0.25) is 0 Å². The van der Waals surface area contributed by atoms with Gasteiger partial charge in [-0.2, -0.15) is 0 Å². The van der Waals surface area contributed by atoms with E-state index in [-0.39, 0.29) is 6.10 Å². The van der Waals surface area contributed by atoms with E-state index in [0.717, 1.165) is 43.2 Å². The molecule has 1 heterocycles. The normalized spacial score (nSPS) is 19.8. The molecule has 1 saturated heterocycles. The van der Waals surface area contributed by atoms with Gasteiger partial charge < -0.3 is 14.8 Å². The molecular formula is C16H24ClNO2. The molecule has 1 aliphatic rings. The van der Waals surface area contributed by atoms with Crippen molar-refractivity contribution in [3.63, 3.8) is 0 Å². The van der Waals surface area contributed by atoms with Crippen molar-refractivity contribution in [2.45, 2.75) is 31.9 Å². The number of ether oxygens (including phenoxy) is 2. The van der Waals surface area contributed by atoms with E-state index < -0.39 is 0 Å². The summed E-state index contributed by atoms with van der Waals surface area (Å²) in [4.78, 5) is 0. The van der Waals surface area contributed by atoms with Crippen LogP contribution in [-0.2, 0) is 9.47 Å². The summed E-state index contributed by atoms with van der Waals surface area (Å²) in [5.74, 6) is 0.688. The molecule has 1 N–H and O–H groups in total. The first-order chi connectivity index (χ1) is 9.72. The summed E-state index contributed by atoms with van der Waals surface area (Å²) < 4.78 is 11.0. The fraction of sp³-hybridized carbons (Fsp3) is 0.625. The van der Waals surface area contributed by atoms with E-state index in [9.17, 15) is 0 Å². The maximum Gasteiger partial charge on any atom is 0.0959 e. The summed E-state index contributed by atoms with van der Waals surface area (Å²) in [7, 11) is 1.73. The van der Waals surface area contributed by atoms with Crippen molar-refractivity contribution in [3.05, 3.63) is 34.9 Å². The van der Waals surface area contributed by atoms with Gasteiger partial charge >= 0.3 is 0 Å². The summed E-state index contributed by atoms with van der Waals surface area (Å²) in [6.07, 6.45) is 2.27. The summed E-state index contributed by atoms with van der Waals surface area (Å²) >= 11 is 6.24. The number of nitrogens with one attached hydrogen (secondary N) is 1. The lowest BCUT2D eigenvalue weighted by Gasteiger charge is -2.30. The molecule has 0 radical (unpaired) electrons. The van der Waals surface area contributed by atoms with E-state index >= 15 is 0 Å². The summed E-state index contributed by atoms with van der Waals surface area (Å²) in [5.41, 5.74) is 1.04. The van der Waals surface area contributed by atoms with Gasteiger partial charge in [-0.1, -0.05) is 29.8 Å². The minimum absolute atomic E-state index is 0.00834. The van der Waals surface area contributed by atoms with Crippen LogP contribution in [0.15, 0.2) is 24.3 Å². The Hall–Kier alpha value is -0.610. The lowest BCUT2D eigenvalue weighted by Crippen LogP contribution is -2.39. The van der Waals surface area contributed by atoms with Crippen LogP contribution in [0.1, 0.15) is 31.4 Å². The Labute approximate surface area is 126 Å². The minimum atomic E-state index is -0.00834. The van der Waals surface area contributed by atoms with Gasteiger partial charge in [-0.25, -0.2) is 0 Å². The van der Waals surface area contributed by atoms with Crippen LogP contribution in [0.4, 0.5) is 0 Å². The van der Waals surface area contributed by atoms with Crippen molar-refractivity contribution in [3.8, 4) is 0 Å². The van der Waals surface area contributed by atoms with E-state index in [1.165, 1.54) is 0 Å². The van der Waals surface area contributed by atoms with E-state index in [0.29, 0.717) is 12.0 Å². The molecule has 1 aromatic rings. The summed E-state index contributed by atoms with van der Waals surface area (Å²) in [6.45, 7) is 4.79. The second-order valence-electron chi connectivity index (χ2n) is 5.39.